The minimum Gasteiger partial charge on any atom is -0.344 e. The van der Waals surface area contributed by atoms with Crippen LogP contribution in [0.25, 0.3) is 0 Å². The van der Waals surface area contributed by atoms with Gasteiger partial charge in [-0.2, -0.15) is 0 Å². The van der Waals surface area contributed by atoms with Gasteiger partial charge in [0, 0.05) is 6.42 Å². The molecule has 3 aliphatic heterocycles. The highest BCUT2D eigenvalue weighted by Gasteiger charge is 2.55. The number of rotatable bonds is 0. The zero-order chi connectivity index (χ0) is 10.5. The molecule has 1 saturated carbocycles. The van der Waals surface area contributed by atoms with E-state index in [0.29, 0.717) is 5.92 Å². The van der Waals surface area contributed by atoms with Crippen molar-refractivity contribution in [1.82, 2.24) is 0 Å². The third-order valence-corrected chi connectivity index (χ3v) is 4.54. The van der Waals surface area contributed by atoms with Crippen molar-refractivity contribution >= 4 is 0 Å². The van der Waals surface area contributed by atoms with Crippen LogP contribution >= 0.6 is 0 Å². The first-order valence-corrected chi connectivity index (χ1v) is 6.14. The van der Waals surface area contributed by atoms with Crippen molar-refractivity contribution in [3.05, 3.63) is 0 Å². The predicted octanol–water partition coefficient (Wildman–Crippen LogP) is 2.65. The Morgan fingerprint density at radius 1 is 1.13 bits per heavy atom. The van der Waals surface area contributed by atoms with E-state index in [0.717, 1.165) is 25.4 Å². The third-order valence-electron chi connectivity index (χ3n) is 4.54. The van der Waals surface area contributed by atoms with Crippen LogP contribution in [0.15, 0.2) is 0 Å². The molecule has 3 nitrogen and oxygen atoms in total. The zero-order valence-electron chi connectivity index (χ0n) is 9.62. The molecule has 3 saturated heterocycles. The summed E-state index contributed by atoms with van der Waals surface area (Å²) >= 11 is 0. The highest BCUT2D eigenvalue weighted by Crippen LogP contribution is 2.50. The summed E-state index contributed by atoms with van der Waals surface area (Å²) in [5, 5.41) is 0. The van der Waals surface area contributed by atoms with Crippen molar-refractivity contribution in [3.63, 3.8) is 0 Å². The first kappa shape index (κ1) is 10.1. The molecule has 4 fully saturated rings. The third kappa shape index (κ3) is 1.44. The SMILES string of the molecule is C[C@H]1CCC[C@@]23CO[C@@](C)(CCC12)OO3. The molecule has 15 heavy (non-hydrogen) atoms. The number of hydrogen-bond donors (Lipinski definition) is 0. The Labute approximate surface area is 91.0 Å². The van der Waals surface area contributed by atoms with Gasteiger partial charge < -0.3 is 4.74 Å². The Morgan fingerprint density at radius 3 is 2.73 bits per heavy atom. The molecule has 1 unspecified atom stereocenters. The Balaban J connectivity index is 1.92. The van der Waals surface area contributed by atoms with Gasteiger partial charge in [0.2, 0.25) is 0 Å². The Morgan fingerprint density at radius 2 is 2.00 bits per heavy atom. The van der Waals surface area contributed by atoms with Gasteiger partial charge in [0.1, 0.15) is 5.60 Å². The summed E-state index contributed by atoms with van der Waals surface area (Å²) in [6.45, 7) is 5.05. The topological polar surface area (TPSA) is 27.7 Å². The summed E-state index contributed by atoms with van der Waals surface area (Å²) < 4.78 is 5.85. The maximum Gasteiger partial charge on any atom is 0.198 e. The van der Waals surface area contributed by atoms with Gasteiger partial charge in [-0.3, -0.25) is 0 Å². The largest absolute Gasteiger partial charge is 0.344 e. The fourth-order valence-corrected chi connectivity index (χ4v) is 3.48. The Hall–Kier alpha value is -0.120. The lowest BCUT2D eigenvalue weighted by atomic mass is 9.68. The molecule has 4 aliphatic rings. The number of hydrogen-bond acceptors (Lipinski definition) is 3. The van der Waals surface area contributed by atoms with Crippen molar-refractivity contribution in [3.8, 4) is 0 Å². The average molecular weight is 212 g/mol. The highest BCUT2D eigenvalue weighted by molar-refractivity contribution is 4.98. The van der Waals surface area contributed by atoms with E-state index in [1.165, 1.54) is 19.3 Å². The molecule has 4 rings (SSSR count). The molecule has 0 aromatic heterocycles. The predicted molar refractivity (Wildman–Crippen MR) is 55.0 cm³/mol. The van der Waals surface area contributed by atoms with E-state index in [2.05, 4.69) is 6.92 Å². The summed E-state index contributed by atoms with van der Waals surface area (Å²) in [6.07, 6.45) is 5.80. The molecule has 2 bridgehead atoms. The van der Waals surface area contributed by atoms with E-state index in [-0.39, 0.29) is 5.60 Å². The lowest BCUT2D eigenvalue weighted by Gasteiger charge is -2.46. The summed E-state index contributed by atoms with van der Waals surface area (Å²) in [6, 6.07) is 0. The first-order valence-electron chi connectivity index (χ1n) is 6.14. The Bertz CT molecular complexity index is 256. The fourth-order valence-electron chi connectivity index (χ4n) is 3.48. The normalized spacial score (nSPS) is 54.8. The van der Waals surface area contributed by atoms with Gasteiger partial charge in [0.05, 0.1) is 6.61 Å². The fraction of sp³-hybridized carbons (Fsp3) is 1.00. The van der Waals surface area contributed by atoms with Gasteiger partial charge in [-0.1, -0.05) is 19.8 Å². The highest BCUT2D eigenvalue weighted by atomic mass is 17.2. The second-order valence-corrected chi connectivity index (χ2v) is 5.67. The summed E-state index contributed by atoms with van der Waals surface area (Å²) in [5.74, 6) is 0.879. The molecule has 1 spiro atoms. The van der Waals surface area contributed by atoms with E-state index in [1.807, 2.05) is 6.92 Å². The van der Waals surface area contributed by atoms with Crippen LogP contribution in [0.1, 0.15) is 46.0 Å². The van der Waals surface area contributed by atoms with Crippen molar-refractivity contribution in [1.29, 1.82) is 0 Å². The maximum atomic E-state index is 5.85. The van der Waals surface area contributed by atoms with Crippen LogP contribution < -0.4 is 0 Å². The molecular weight excluding hydrogens is 192 g/mol. The van der Waals surface area contributed by atoms with Crippen LogP contribution in [0.3, 0.4) is 0 Å². The first-order chi connectivity index (χ1) is 7.14. The molecule has 0 aromatic carbocycles. The van der Waals surface area contributed by atoms with E-state index >= 15 is 0 Å². The summed E-state index contributed by atoms with van der Waals surface area (Å²) in [4.78, 5) is 11.2. The molecule has 0 radical (unpaired) electrons. The zero-order valence-corrected chi connectivity index (χ0v) is 9.62. The molecular formula is C12H20O3. The standard InChI is InChI=1S/C12H20O3/c1-9-4-3-6-12-8-13-11(2,14-15-12)7-5-10(9)12/h9-10H,3-8H2,1-2H3/t9-,10?,11+,12+/m0/s1. The van der Waals surface area contributed by atoms with Gasteiger partial charge in [-0.05, 0) is 31.6 Å². The minimum atomic E-state index is -0.484. The van der Waals surface area contributed by atoms with Gasteiger partial charge in [0.15, 0.2) is 5.79 Å². The maximum absolute atomic E-state index is 5.85. The van der Waals surface area contributed by atoms with Crippen LogP contribution in [-0.4, -0.2) is 18.0 Å². The van der Waals surface area contributed by atoms with E-state index in [9.17, 15) is 0 Å². The van der Waals surface area contributed by atoms with Crippen LogP contribution in [0.2, 0.25) is 0 Å². The van der Waals surface area contributed by atoms with E-state index in [1.54, 1.807) is 0 Å². The van der Waals surface area contributed by atoms with Gasteiger partial charge in [-0.25, -0.2) is 9.78 Å². The minimum absolute atomic E-state index is 0.131. The van der Waals surface area contributed by atoms with Crippen molar-refractivity contribution in [2.45, 2.75) is 57.3 Å². The van der Waals surface area contributed by atoms with Gasteiger partial charge in [-0.15, -0.1) is 0 Å². The quantitative estimate of drug-likeness (QED) is 0.578. The molecule has 86 valence electrons. The monoisotopic (exact) mass is 212 g/mol. The van der Waals surface area contributed by atoms with Crippen LogP contribution in [0.5, 0.6) is 0 Å². The van der Waals surface area contributed by atoms with Crippen molar-refractivity contribution in [2.24, 2.45) is 11.8 Å². The molecule has 3 heterocycles. The molecule has 0 amide bonds. The molecule has 0 aromatic rings. The van der Waals surface area contributed by atoms with Crippen LogP contribution in [0, 0.1) is 11.8 Å². The number of ether oxygens (including phenoxy) is 1. The average Bonchev–Trinajstić information content (AvgIpc) is 2.46. The Kier molecular flexibility index (Phi) is 2.14. The van der Waals surface area contributed by atoms with E-state index in [4.69, 9.17) is 14.5 Å². The summed E-state index contributed by atoms with van der Waals surface area (Å²) in [7, 11) is 0. The number of fused-ring (bicyclic) bond motifs is 3. The smallest absolute Gasteiger partial charge is 0.198 e. The lowest BCUT2D eigenvalue weighted by Crippen LogP contribution is -2.53. The molecule has 0 N–H and O–H groups in total. The van der Waals surface area contributed by atoms with Gasteiger partial charge in [0.25, 0.3) is 0 Å². The second kappa shape index (κ2) is 3.19. The molecule has 1 aliphatic carbocycles. The van der Waals surface area contributed by atoms with Crippen molar-refractivity contribution < 1.29 is 14.5 Å². The van der Waals surface area contributed by atoms with Gasteiger partial charge >= 0.3 is 0 Å². The van der Waals surface area contributed by atoms with Crippen LogP contribution in [0.4, 0.5) is 0 Å². The lowest BCUT2D eigenvalue weighted by molar-refractivity contribution is -0.508. The second-order valence-electron chi connectivity index (χ2n) is 5.67. The summed E-state index contributed by atoms with van der Waals surface area (Å²) in [5.41, 5.74) is -0.131. The van der Waals surface area contributed by atoms with Crippen molar-refractivity contribution in [2.75, 3.05) is 6.61 Å². The molecule has 3 heteroatoms. The molecule has 4 atom stereocenters. The van der Waals surface area contributed by atoms with E-state index < -0.39 is 5.79 Å². The van der Waals surface area contributed by atoms with Crippen LogP contribution in [-0.2, 0) is 14.5 Å².